The topological polar surface area (TPSA) is 76.4 Å². The van der Waals surface area contributed by atoms with Crippen LogP contribution in [-0.2, 0) is 4.79 Å². The molecule has 0 radical (unpaired) electrons. The van der Waals surface area contributed by atoms with Gasteiger partial charge in [0, 0.05) is 0 Å². The highest BCUT2D eigenvalue weighted by molar-refractivity contribution is 5.91. The van der Waals surface area contributed by atoms with Crippen LogP contribution in [0.15, 0.2) is 36.4 Å². The van der Waals surface area contributed by atoms with Crippen LogP contribution in [0.4, 0.5) is 8.78 Å². The maximum absolute atomic E-state index is 14.5. The zero-order valence-corrected chi connectivity index (χ0v) is 18.6. The van der Waals surface area contributed by atoms with Crippen LogP contribution in [0, 0.1) is 34.8 Å². The first-order valence-electron chi connectivity index (χ1n) is 11.3. The zero-order chi connectivity index (χ0) is 23.8. The molecule has 2 aromatic rings. The van der Waals surface area contributed by atoms with Gasteiger partial charge < -0.3 is 9.47 Å². The lowest BCUT2D eigenvalue weighted by molar-refractivity contribution is -0.140. The number of hydrogen-bond acceptors (Lipinski definition) is 5. The zero-order valence-electron chi connectivity index (χ0n) is 18.6. The highest BCUT2D eigenvalue weighted by Gasteiger charge is 2.28. The molecule has 2 aromatic carbocycles. The van der Waals surface area contributed by atoms with Gasteiger partial charge in [0.2, 0.25) is 0 Å². The van der Waals surface area contributed by atoms with Gasteiger partial charge in [0.25, 0.3) is 0 Å². The monoisotopic (exact) mass is 455 g/mol. The molecule has 0 amide bonds. The third-order valence-electron chi connectivity index (χ3n) is 6.04. The summed E-state index contributed by atoms with van der Waals surface area (Å²) in [6.07, 6.45) is 8.26. The molecule has 5 nitrogen and oxygen atoms in total. The van der Waals surface area contributed by atoms with Crippen LogP contribution >= 0.6 is 0 Å². The largest absolute Gasteiger partial charge is 0.423 e. The van der Waals surface area contributed by atoms with Crippen LogP contribution in [0.2, 0.25) is 0 Å². The van der Waals surface area contributed by atoms with Crippen molar-refractivity contribution in [3.8, 4) is 17.6 Å². The van der Waals surface area contributed by atoms with Gasteiger partial charge >= 0.3 is 11.9 Å². The Labute approximate surface area is 192 Å². The van der Waals surface area contributed by atoms with Crippen molar-refractivity contribution in [2.24, 2.45) is 11.8 Å². The quantitative estimate of drug-likeness (QED) is 0.263. The van der Waals surface area contributed by atoms with E-state index in [-0.39, 0.29) is 28.5 Å². The van der Waals surface area contributed by atoms with Crippen molar-refractivity contribution >= 4 is 11.9 Å². The Morgan fingerprint density at radius 3 is 2.39 bits per heavy atom. The van der Waals surface area contributed by atoms with Gasteiger partial charge in [-0.2, -0.15) is 5.26 Å². The van der Waals surface area contributed by atoms with E-state index in [4.69, 9.17) is 14.7 Å². The molecule has 0 spiro atoms. The molecular weight excluding hydrogens is 428 g/mol. The summed E-state index contributed by atoms with van der Waals surface area (Å²) >= 11 is 0. The Hall–Kier alpha value is -3.27. The summed E-state index contributed by atoms with van der Waals surface area (Å²) in [6.45, 7) is 2.18. The molecule has 1 fully saturated rings. The summed E-state index contributed by atoms with van der Waals surface area (Å²) < 4.78 is 38.1. The van der Waals surface area contributed by atoms with Crippen molar-refractivity contribution in [3.63, 3.8) is 0 Å². The molecule has 1 aliphatic carbocycles. The highest BCUT2D eigenvalue weighted by Crippen LogP contribution is 2.33. The van der Waals surface area contributed by atoms with Gasteiger partial charge in [0.05, 0.1) is 17.0 Å². The van der Waals surface area contributed by atoms with Crippen molar-refractivity contribution in [1.29, 1.82) is 5.26 Å². The van der Waals surface area contributed by atoms with E-state index in [0.29, 0.717) is 5.92 Å². The Bertz CT molecular complexity index is 1040. The second-order valence-electron chi connectivity index (χ2n) is 8.42. The molecule has 0 aliphatic heterocycles. The first-order chi connectivity index (χ1) is 15.9. The van der Waals surface area contributed by atoms with Crippen LogP contribution in [-0.4, -0.2) is 11.9 Å². The smallest absolute Gasteiger partial charge is 0.343 e. The fourth-order valence-electron chi connectivity index (χ4n) is 4.11. The van der Waals surface area contributed by atoms with Gasteiger partial charge in [0.1, 0.15) is 17.6 Å². The predicted octanol–water partition coefficient (Wildman–Crippen LogP) is 6.35. The average Bonchev–Trinajstić information content (AvgIpc) is 2.82. The normalized spacial score (nSPS) is 17.8. The van der Waals surface area contributed by atoms with Crippen molar-refractivity contribution in [1.82, 2.24) is 0 Å². The van der Waals surface area contributed by atoms with E-state index in [2.05, 4.69) is 6.92 Å². The lowest BCUT2D eigenvalue weighted by atomic mass is 9.80. The van der Waals surface area contributed by atoms with Crippen molar-refractivity contribution in [2.45, 2.75) is 58.3 Å². The maximum atomic E-state index is 14.5. The lowest BCUT2D eigenvalue weighted by Crippen LogP contribution is -2.26. The third-order valence-corrected chi connectivity index (χ3v) is 6.04. The molecule has 0 N–H and O–H groups in total. The predicted molar refractivity (Wildman–Crippen MR) is 118 cm³/mol. The number of benzene rings is 2. The number of nitrogens with zero attached hydrogens (tertiary/aromatic N) is 1. The van der Waals surface area contributed by atoms with Crippen LogP contribution in [0.1, 0.15) is 74.2 Å². The third kappa shape index (κ3) is 6.61. The molecule has 7 heteroatoms. The summed E-state index contributed by atoms with van der Waals surface area (Å²) in [6, 6.07) is 8.25. The van der Waals surface area contributed by atoms with Crippen molar-refractivity contribution in [2.75, 3.05) is 0 Å². The Morgan fingerprint density at radius 2 is 1.73 bits per heavy atom. The van der Waals surface area contributed by atoms with Gasteiger partial charge in [-0.15, -0.1) is 0 Å². The lowest BCUT2D eigenvalue weighted by Gasteiger charge is -2.27. The second-order valence-corrected chi connectivity index (χ2v) is 8.42. The number of ether oxygens (including phenoxy) is 2. The number of unbranched alkanes of at least 4 members (excludes halogenated alkanes) is 2. The Balaban J connectivity index is 1.57. The standard InChI is InChI=1S/C26H27F2NO4/c1-2-3-4-5-17-6-8-18(9-7-17)25(30)33-24-12-10-19(15-22(24)28)26(31)32-23-13-11-21(27)14-20(23)16-29/h10-15,17-18H,2-9H2,1H3/t17-,18-. The maximum Gasteiger partial charge on any atom is 0.343 e. The first kappa shape index (κ1) is 24.4. The molecule has 0 unspecified atom stereocenters. The van der Waals surface area contributed by atoms with E-state index < -0.39 is 23.6 Å². The van der Waals surface area contributed by atoms with E-state index in [0.717, 1.165) is 49.9 Å². The van der Waals surface area contributed by atoms with Gasteiger partial charge in [-0.25, -0.2) is 13.6 Å². The molecule has 0 saturated heterocycles. The minimum Gasteiger partial charge on any atom is -0.423 e. The Kier molecular flexibility index (Phi) is 8.53. The number of rotatable bonds is 8. The number of hydrogen-bond donors (Lipinski definition) is 0. The molecule has 0 aromatic heterocycles. The van der Waals surface area contributed by atoms with Gasteiger partial charge in [0.15, 0.2) is 11.6 Å². The molecule has 174 valence electrons. The summed E-state index contributed by atoms with van der Waals surface area (Å²) in [5.74, 6) is -2.88. The van der Waals surface area contributed by atoms with Crippen LogP contribution < -0.4 is 9.47 Å². The van der Waals surface area contributed by atoms with E-state index >= 15 is 0 Å². The average molecular weight is 456 g/mol. The molecule has 0 heterocycles. The number of carbonyl (C=O) groups is 2. The summed E-state index contributed by atoms with van der Waals surface area (Å²) in [4.78, 5) is 24.8. The van der Waals surface area contributed by atoms with Gasteiger partial charge in [-0.3, -0.25) is 4.79 Å². The van der Waals surface area contributed by atoms with Crippen molar-refractivity contribution < 1.29 is 27.8 Å². The molecule has 1 saturated carbocycles. The van der Waals surface area contributed by atoms with Crippen LogP contribution in [0.5, 0.6) is 11.5 Å². The summed E-state index contributed by atoms with van der Waals surface area (Å²) in [5.41, 5.74) is -0.289. The van der Waals surface area contributed by atoms with E-state index in [9.17, 15) is 18.4 Å². The summed E-state index contributed by atoms with van der Waals surface area (Å²) in [5, 5.41) is 9.04. The van der Waals surface area contributed by atoms with Crippen LogP contribution in [0.25, 0.3) is 0 Å². The minimum atomic E-state index is -0.920. The molecule has 33 heavy (non-hydrogen) atoms. The molecule has 0 atom stereocenters. The number of nitriles is 1. The first-order valence-corrected chi connectivity index (χ1v) is 11.3. The molecular formula is C26H27F2NO4. The van der Waals surface area contributed by atoms with E-state index in [1.165, 1.54) is 37.8 Å². The van der Waals surface area contributed by atoms with E-state index in [1.54, 1.807) is 6.07 Å². The minimum absolute atomic E-state index is 0.131. The van der Waals surface area contributed by atoms with Crippen LogP contribution in [0.3, 0.4) is 0 Å². The summed E-state index contributed by atoms with van der Waals surface area (Å²) in [7, 11) is 0. The number of halogens is 2. The Morgan fingerprint density at radius 1 is 1.00 bits per heavy atom. The number of carbonyl (C=O) groups excluding carboxylic acids is 2. The molecule has 1 aliphatic rings. The van der Waals surface area contributed by atoms with Gasteiger partial charge in [-0.05, 0) is 68.0 Å². The SMILES string of the molecule is CCCCC[C@H]1CC[C@H](C(=O)Oc2ccc(C(=O)Oc3ccc(F)cc3C#N)cc2F)CC1. The van der Waals surface area contributed by atoms with Gasteiger partial charge in [-0.1, -0.05) is 32.6 Å². The number of esters is 2. The fraction of sp³-hybridized carbons (Fsp3) is 0.423. The highest BCUT2D eigenvalue weighted by atomic mass is 19.1. The second kappa shape index (κ2) is 11.6. The molecule has 3 rings (SSSR count). The fourth-order valence-corrected chi connectivity index (χ4v) is 4.11. The van der Waals surface area contributed by atoms with E-state index in [1.807, 2.05) is 0 Å². The molecule has 0 bridgehead atoms. The van der Waals surface area contributed by atoms with Crippen molar-refractivity contribution in [3.05, 3.63) is 59.2 Å².